The van der Waals surface area contributed by atoms with Gasteiger partial charge in [-0.15, -0.1) is 23.1 Å². The average molecular weight is 430 g/mol. The van der Waals surface area contributed by atoms with E-state index in [1.807, 2.05) is 0 Å². The SMILES string of the molecule is CSc1ccc(-c2csc3c(OC4CCN(SC5CC5)CC4)ncnc23)cc1. The van der Waals surface area contributed by atoms with Crippen LogP contribution in [0.3, 0.4) is 0 Å². The highest BCUT2D eigenvalue weighted by Gasteiger charge is 2.29. The number of aromatic nitrogens is 2. The lowest BCUT2D eigenvalue weighted by Gasteiger charge is -2.30. The highest BCUT2D eigenvalue weighted by atomic mass is 32.2. The van der Waals surface area contributed by atoms with E-state index < -0.39 is 0 Å². The zero-order chi connectivity index (χ0) is 18.9. The van der Waals surface area contributed by atoms with Crippen LogP contribution in [0.4, 0.5) is 0 Å². The number of thiophene rings is 1. The first-order valence-electron chi connectivity index (χ1n) is 9.75. The van der Waals surface area contributed by atoms with E-state index in [0.717, 1.165) is 52.8 Å². The zero-order valence-corrected chi connectivity index (χ0v) is 18.3. The number of hydrogen-bond acceptors (Lipinski definition) is 7. The average Bonchev–Trinajstić information content (AvgIpc) is 3.45. The van der Waals surface area contributed by atoms with Crippen LogP contribution in [0.5, 0.6) is 5.88 Å². The van der Waals surface area contributed by atoms with Crippen molar-refractivity contribution < 1.29 is 4.74 Å². The summed E-state index contributed by atoms with van der Waals surface area (Å²) in [6, 6.07) is 8.66. The summed E-state index contributed by atoms with van der Waals surface area (Å²) in [6.07, 6.45) is 8.91. The molecule has 0 spiro atoms. The van der Waals surface area contributed by atoms with E-state index in [9.17, 15) is 0 Å². The molecule has 2 aromatic heterocycles. The smallest absolute Gasteiger partial charge is 0.235 e. The predicted octanol–water partition coefficient (Wildman–Crippen LogP) is 5.73. The lowest BCUT2D eigenvalue weighted by atomic mass is 10.1. The third kappa shape index (κ3) is 4.03. The number of rotatable bonds is 6. The number of fused-ring (bicyclic) bond motifs is 1. The normalized spacial score (nSPS) is 18.6. The van der Waals surface area contributed by atoms with Crippen molar-refractivity contribution in [2.45, 2.75) is 41.9 Å². The van der Waals surface area contributed by atoms with Crippen LogP contribution < -0.4 is 4.74 Å². The van der Waals surface area contributed by atoms with Crippen molar-refractivity contribution in [3.63, 3.8) is 0 Å². The van der Waals surface area contributed by atoms with Gasteiger partial charge in [0.15, 0.2) is 0 Å². The van der Waals surface area contributed by atoms with Crippen LogP contribution >= 0.6 is 35.0 Å². The van der Waals surface area contributed by atoms with Gasteiger partial charge in [0, 0.05) is 34.2 Å². The molecule has 4 nitrogen and oxygen atoms in total. The molecule has 146 valence electrons. The summed E-state index contributed by atoms with van der Waals surface area (Å²) >= 11 is 5.49. The minimum absolute atomic E-state index is 0.251. The van der Waals surface area contributed by atoms with Gasteiger partial charge in [-0.3, -0.25) is 4.31 Å². The summed E-state index contributed by atoms with van der Waals surface area (Å²) in [4.78, 5) is 10.3. The van der Waals surface area contributed by atoms with Crippen LogP contribution in [-0.2, 0) is 0 Å². The van der Waals surface area contributed by atoms with Crippen LogP contribution in [-0.4, -0.2) is 45.0 Å². The molecule has 5 rings (SSSR count). The van der Waals surface area contributed by atoms with E-state index in [-0.39, 0.29) is 6.10 Å². The summed E-state index contributed by atoms with van der Waals surface area (Å²) in [5, 5.41) is 3.06. The topological polar surface area (TPSA) is 38.2 Å². The van der Waals surface area contributed by atoms with Crippen molar-refractivity contribution in [2.75, 3.05) is 19.3 Å². The maximum absolute atomic E-state index is 6.34. The summed E-state index contributed by atoms with van der Waals surface area (Å²) < 4.78 is 9.92. The van der Waals surface area contributed by atoms with E-state index in [1.54, 1.807) is 29.4 Å². The molecule has 0 bridgehead atoms. The Balaban J connectivity index is 1.32. The van der Waals surface area contributed by atoms with Gasteiger partial charge in [0.1, 0.15) is 17.1 Å². The first-order valence-corrected chi connectivity index (χ1v) is 12.7. The van der Waals surface area contributed by atoms with Crippen molar-refractivity contribution in [1.82, 2.24) is 14.3 Å². The highest BCUT2D eigenvalue weighted by molar-refractivity contribution is 7.98. The van der Waals surface area contributed by atoms with Crippen LogP contribution in [0.2, 0.25) is 0 Å². The summed E-state index contributed by atoms with van der Waals surface area (Å²) in [5.74, 6) is 0.746. The Morgan fingerprint density at radius 1 is 1.07 bits per heavy atom. The quantitative estimate of drug-likeness (QED) is 0.368. The molecule has 0 unspecified atom stereocenters. The Morgan fingerprint density at radius 2 is 1.86 bits per heavy atom. The van der Waals surface area contributed by atoms with E-state index in [0.29, 0.717) is 0 Å². The largest absolute Gasteiger partial charge is 0.473 e. The molecule has 2 fully saturated rings. The molecular weight excluding hydrogens is 406 g/mol. The van der Waals surface area contributed by atoms with E-state index in [1.165, 1.54) is 23.3 Å². The standard InChI is InChI=1S/C21H23N3OS3/c1-26-16-4-2-14(3-5-16)18-12-27-20-19(18)22-13-23-21(20)25-15-8-10-24(11-9-15)28-17-6-7-17/h2-5,12-13,15,17H,6-11H2,1H3. The van der Waals surface area contributed by atoms with E-state index in [4.69, 9.17) is 4.74 Å². The Hall–Kier alpha value is -1.28. The molecule has 7 heteroatoms. The van der Waals surface area contributed by atoms with Gasteiger partial charge in [0.25, 0.3) is 0 Å². The Labute approximate surface area is 178 Å². The van der Waals surface area contributed by atoms with Crippen LogP contribution in [0.25, 0.3) is 21.3 Å². The molecule has 1 aromatic carbocycles. The van der Waals surface area contributed by atoms with Gasteiger partial charge in [-0.1, -0.05) is 24.1 Å². The second kappa shape index (κ2) is 8.22. The van der Waals surface area contributed by atoms with Crippen molar-refractivity contribution in [3.05, 3.63) is 36.0 Å². The molecule has 3 aromatic rings. The zero-order valence-electron chi connectivity index (χ0n) is 15.8. The number of ether oxygens (including phenoxy) is 1. The second-order valence-electron chi connectivity index (χ2n) is 7.29. The number of piperidine rings is 1. The van der Waals surface area contributed by atoms with Crippen LogP contribution in [0.1, 0.15) is 25.7 Å². The van der Waals surface area contributed by atoms with Crippen molar-refractivity contribution in [3.8, 4) is 17.0 Å². The number of nitrogens with zero attached hydrogens (tertiary/aromatic N) is 3. The van der Waals surface area contributed by atoms with Gasteiger partial charge in [-0.25, -0.2) is 9.97 Å². The van der Waals surface area contributed by atoms with Crippen LogP contribution in [0, 0.1) is 0 Å². The first kappa shape index (κ1) is 18.7. The molecular formula is C21H23N3OS3. The number of hydrogen-bond donors (Lipinski definition) is 0. The monoisotopic (exact) mass is 429 g/mol. The van der Waals surface area contributed by atoms with Crippen molar-refractivity contribution in [1.29, 1.82) is 0 Å². The molecule has 1 aliphatic heterocycles. The molecule has 1 saturated heterocycles. The summed E-state index contributed by atoms with van der Waals surface area (Å²) in [5.41, 5.74) is 3.35. The Bertz CT molecular complexity index is 947. The third-order valence-electron chi connectivity index (χ3n) is 5.22. The maximum atomic E-state index is 6.34. The highest BCUT2D eigenvalue weighted by Crippen LogP contribution is 2.39. The second-order valence-corrected chi connectivity index (χ2v) is 10.4. The Morgan fingerprint density at radius 3 is 2.57 bits per heavy atom. The van der Waals surface area contributed by atoms with Crippen molar-refractivity contribution >= 4 is 45.3 Å². The van der Waals surface area contributed by atoms with Gasteiger partial charge in [0.05, 0.1) is 5.52 Å². The summed E-state index contributed by atoms with van der Waals surface area (Å²) in [6.45, 7) is 2.22. The fourth-order valence-electron chi connectivity index (χ4n) is 3.49. The molecule has 0 amide bonds. The molecule has 1 saturated carbocycles. The molecule has 1 aliphatic carbocycles. The Kier molecular flexibility index (Phi) is 5.50. The third-order valence-corrected chi connectivity index (χ3v) is 8.36. The van der Waals surface area contributed by atoms with Crippen LogP contribution in [0.15, 0.2) is 40.9 Å². The molecule has 28 heavy (non-hydrogen) atoms. The minimum atomic E-state index is 0.251. The molecule has 3 heterocycles. The molecule has 0 atom stereocenters. The lowest BCUT2D eigenvalue weighted by molar-refractivity contribution is 0.135. The van der Waals surface area contributed by atoms with E-state index >= 15 is 0 Å². The molecule has 2 aliphatic rings. The molecule has 0 N–H and O–H groups in total. The fraction of sp³-hybridized carbons (Fsp3) is 0.429. The van der Waals surface area contributed by atoms with Gasteiger partial charge < -0.3 is 4.74 Å². The maximum Gasteiger partial charge on any atom is 0.235 e. The minimum Gasteiger partial charge on any atom is -0.473 e. The lowest BCUT2D eigenvalue weighted by Crippen LogP contribution is -2.34. The van der Waals surface area contributed by atoms with Gasteiger partial charge in [-0.2, -0.15) is 0 Å². The fourth-order valence-corrected chi connectivity index (χ4v) is 6.04. The predicted molar refractivity (Wildman–Crippen MR) is 120 cm³/mol. The number of benzene rings is 1. The van der Waals surface area contributed by atoms with Gasteiger partial charge >= 0.3 is 0 Å². The first-order chi connectivity index (χ1) is 13.8. The molecule has 0 radical (unpaired) electrons. The number of thioether (sulfide) groups is 1. The van der Waals surface area contributed by atoms with E-state index in [2.05, 4.69) is 62.1 Å². The van der Waals surface area contributed by atoms with Gasteiger partial charge in [-0.05, 0) is 49.6 Å². The van der Waals surface area contributed by atoms with Gasteiger partial charge in [0.2, 0.25) is 5.88 Å². The van der Waals surface area contributed by atoms with Crippen molar-refractivity contribution in [2.24, 2.45) is 0 Å². The summed E-state index contributed by atoms with van der Waals surface area (Å²) in [7, 11) is 0.